The van der Waals surface area contributed by atoms with Crippen LogP contribution in [0.4, 0.5) is 0 Å². The van der Waals surface area contributed by atoms with Crippen LogP contribution < -0.4 is 0 Å². The highest BCUT2D eigenvalue weighted by atomic mass is 13.7. The molecular formula is C12H40. The third kappa shape index (κ3) is 202. The minimum atomic E-state index is 0. The van der Waals surface area contributed by atoms with E-state index in [-0.39, 0.29) is 52.0 Å². The summed E-state index contributed by atoms with van der Waals surface area (Å²) in [5.74, 6) is 0. The largest absolute Gasteiger partial charge is 0.0776 e. The van der Waals surface area contributed by atoms with E-state index < -0.39 is 0 Å². The zero-order valence-corrected chi connectivity index (χ0v) is 4.12. The van der Waals surface area contributed by atoms with Crippen molar-refractivity contribution in [1.29, 1.82) is 0 Å². The van der Waals surface area contributed by atoms with Crippen LogP contribution in [0.3, 0.4) is 0 Å². The first-order chi connectivity index (χ1) is 2.41. The van der Waals surface area contributed by atoms with Gasteiger partial charge >= 0.3 is 0 Å². The van der Waals surface area contributed by atoms with Crippen molar-refractivity contribution in [1.82, 2.24) is 0 Å². The van der Waals surface area contributed by atoms with Gasteiger partial charge in [-0.3, -0.25) is 0 Å². The fraction of sp³-hybridized carbons (Fsp3) is 1.00. The van der Waals surface area contributed by atoms with Crippen LogP contribution in [-0.2, 0) is 0 Å². The molecule has 0 fully saturated rings. The highest BCUT2D eigenvalue weighted by Gasteiger charge is 1.68. The fourth-order valence-corrected chi connectivity index (χ4v) is 0.354. The van der Waals surface area contributed by atoms with Gasteiger partial charge in [0.05, 0.1) is 0 Å². The van der Waals surface area contributed by atoms with Crippen LogP contribution in [0.2, 0.25) is 0 Å². The van der Waals surface area contributed by atoms with Crippen LogP contribution in [0.5, 0.6) is 0 Å². The van der Waals surface area contributed by atoms with Crippen LogP contribution in [0.25, 0.3) is 0 Å². The highest BCUT2D eigenvalue weighted by molar-refractivity contribution is 4.24. The second-order valence-electron chi connectivity index (χ2n) is 1.35. The molecule has 0 rings (SSSR count). The van der Waals surface area contributed by atoms with Gasteiger partial charge in [-0.25, -0.2) is 0 Å². The lowest BCUT2D eigenvalue weighted by atomic mass is 10.3. The summed E-state index contributed by atoms with van der Waals surface area (Å²) >= 11 is 0. The van der Waals surface area contributed by atoms with Gasteiger partial charge in [0, 0.05) is 0 Å². The number of rotatable bonds is 2. The molecule has 0 saturated heterocycles. The van der Waals surface area contributed by atoms with E-state index in [4.69, 9.17) is 0 Å². The second-order valence-corrected chi connectivity index (χ2v) is 1.35. The summed E-state index contributed by atoms with van der Waals surface area (Å²) in [6, 6.07) is 0. The van der Waals surface area contributed by atoms with Crippen molar-refractivity contribution < 1.29 is 0 Å². The maximum atomic E-state index is 2.21. The normalized spacial score (nSPS) is 3.50. The van der Waals surface area contributed by atoms with Gasteiger partial charge in [-0.05, 0) is 0 Å². The van der Waals surface area contributed by atoms with E-state index in [1.807, 2.05) is 0 Å². The Morgan fingerprint density at radius 2 is 0.667 bits per heavy atom. The van der Waals surface area contributed by atoms with Gasteiger partial charge < -0.3 is 0 Å². The SMILES string of the molecule is C.C.C.C.C.C.C.CCCCC. The lowest BCUT2D eigenvalue weighted by Crippen LogP contribution is -1.59. The molecule has 12 heavy (non-hydrogen) atoms. The maximum Gasteiger partial charge on any atom is -0.0538 e. The Morgan fingerprint density at radius 1 is 0.500 bits per heavy atom. The van der Waals surface area contributed by atoms with E-state index in [0.717, 1.165) is 0 Å². The van der Waals surface area contributed by atoms with E-state index in [1.165, 1.54) is 19.3 Å². The third-order valence-corrected chi connectivity index (χ3v) is 0.707. The summed E-state index contributed by atoms with van der Waals surface area (Å²) < 4.78 is 0. The summed E-state index contributed by atoms with van der Waals surface area (Å²) in [6.07, 6.45) is 4.08. The Hall–Kier alpha value is 0. The van der Waals surface area contributed by atoms with Crippen LogP contribution in [-0.4, -0.2) is 0 Å². The summed E-state index contributed by atoms with van der Waals surface area (Å²) in [5.41, 5.74) is 0. The monoisotopic (exact) mass is 184 g/mol. The molecule has 0 aromatic rings. The second kappa shape index (κ2) is 122. The molecule has 0 heteroatoms. The lowest BCUT2D eigenvalue weighted by Gasteiger charge is -1.79. The van der Waals surface area contributed by atoms with Crippen molar-refractivity contribution in [2.24, 2.45) is 0 Å². The minimum Gasteiger partial charge on any atom is -0.0776 e. The number of hydrogen-bond acceptors (Lipinski definition) is 0. The molecule has 0 radical (unpaired) electrons. The van der Waals surface area contributed by atoms with Crippen molar-refractivity contribution in [2.75, 3.05) is 0 Å². The summed E-state index contributed by atoms with van der Waals surface area (Å²) in [4.78, 5) is 0. The molecule has 0 aromatic heterocycles. The first-order valence-corrected chi connectivity index (χ1v) is 2.41. The number of hydrogen-bond donors (Lipinski definition) is 0. The molecular weight excluding hydrogens is 144 g/mol. The predicted octanol–water partition coefficient (Wildman–Crippen LogP) is 6.65. The Kier molecular flexibility index (Phi) is 924. The Balaban J connectivity index is -0.00000000381. The molecule has 0 saturated carbocycles. The topological polar surface area (TPSA) is 0 Å². The summed E-state index contributed by atoms with van der Waals surface area (Å²) in [6.45, 7) is 4.42. The highest BCUT2D eigenvalue weighted by Crippen LogP contribution is 1.88. The van der Waals surface area contributed by atoms with Gasteiger partial charge in [-0.2, -0.15) is 0 Å². The molecule has 88 valence electrons. The lowest BCUT2D eigenvalue weighted by molar-refractivity contribution is 0.772. The molecule has 0 aliphatic heterocycles. The molecule has 0 unspecified atom stereocenters. The first-order valence-electron chi connectivity index (χ1n) is 2.41. The quantitative estimate of drug-likeness (QED) is 0.451. The van der Waals surface area contributed by atoms with E-state index in [2.05, 4.69) is 13.8 Å². The van der Waals surface area contributed by atoms with Crippen molar-refractivity contribution in [3.8, 4) is 0 Å². The summed E-state index contributed by atoms with van der Waals surface area (Å²) in [7, 11) is 0. The zero-order chi connectivity index (χ0) is 4.12. The molecule has 0 amide bonds. The van der Waals surface area contributed by atoms with Crippen LogP contribution in [0.1, 0.15) is 85.1 Å². The van der Waals surface area contributed by atoms with E-state index in [0.29, 0.717) is 0 Å². The smallest absolute Gasteiger partial charge is 0.0538 e. The molecule has 0 heterocycles. The van der Waals surface area contributed by atoms with Gasteiger partial charge in [0.2, 0.25) is 0 Å². The van der Waals surface area contributed by atoms with Crippen LogP contribution >= 0.6 is 0 Å². The molecule has 0 aromatic carbocycles. The van der Waals surface area contributed by atoms with E-state index in [1.54, 1.807) is 0 Å². The maximum absolute atomic E-state index is 2.21. The molecule has 0 aliphatic rings. The van der Waals surface area contributed by atoms with E-state index in [9.17, 15) is 0 Å². The molecule has 0 bridgehead atoms. The molecule has 0 atom stereocenters. The van der Waals surface area contributed by atoms with Crippen molar-refractivity contribution in [2.45, 2.75) is 85.1 Å². The zero-order valence-electron chi connectivity index (χ0n) is 4.12. The molecule has 0 spiro atoms. The Labute approximate surface area is 85.8 Å². The van der Waals surface area contributed by atoms with E-state index >= 15 is 0 Å². The van der Waals surface area contributed by atoms with Crippen molar-refractivity contribution in [3.63, 3.8) is 0 Å². The van der Waals surface area contributed by atoms with Crippen LogP contribution in [0.15, 0.2) is 0 Å². The van der Waals surface area contributed by atoms with Gasteiger partial charge in [-0.1, -0.05) is 85.1 Å². The van der Waals surface area contributed by atoms with Gasteiger partial charge in [0.1, 0.15) is 0 Å². The standard InChI is InChI=1S/C5H12.7CH4/c1-3-5-4-2;;;;;;;/h3-5H2,1-2H3;7*1H4. The first kappa shape index (κ1) is 90.8. The van der Waals surface area contributed by atoms with Crippen molar-refractivity contribution >= 4 is 0 Å². The van der Waals surface area contributed by atoms with Crippen molar-refractivity contribution in [3.05, 3.63) is 0 Å². The Morgan fingerprint density at radius 3 is 0.667 bits per heavy atom. The molecule has 0 N–H and O–H groups in total. The van der Waals surface area contributed by atoms with Gasteiger partial charge in [0.25, 0.3) is 0 Å². The van der Waals surface area contributed by atoms with Gasteiger partial charge in [0.15, 0.2) is 0 Å². The third-order valence-electron chi connectivity index (χ3n) is 0.707. The van der Waals surface area contributed by atoms with Crippen LogP contribution in [0, 0.1) is 0 Å². The predicted molar refractivity (Wildman–Crippen MR) is 72.3 cm³/mol. The fourth-order valence-electron chi connectivity index (χ4n) is 0.354. The molecule has 0 nitrogen and oxygen atoms in total. The minimum absolute atomic E-state index is 0. The Bertz CT molecular complexity index is 7.51. The average molecular weight is 184 g/mol. The average Bonchev–Trinajstić information content (AvgIpc) is 1.41. The van der Waals surface area contributed by atoms with Gasteiger partial charge in [-0.15, -0.1) is 0 Å². The number of unbranched alkanes of at least 4 members (excludes halogenated alkanes) is 2. The summed E-state index contributed by atoms with van der Waals surface area (Å²) in [5, 5.41) is 0. The molecule has 0 aliphatic carbocycles.